The highest BCUT2D eigenvalue weighted by Crippen LogP contribution is 2.30. The molecule has 1 heterocycles. The summed E-state index contributed by atoms with van der Waals surface area (Å²) in [6.07, 6.45) is 2.77. The number of alkyl halides is 1. The van der Waals surface area contributed by atoms with E-state index in [9.17, 15) is 0 Å². The van der Waals surface area contributed by atoms with Crippen molar-refractivity contribution in [2.45, 2.75) is 25.1 Å². The van der Waals surface area contributed by atoms with Crippen LogP contribution in [0.4, 0.5) is 0 Å². The highest BCUT2D eigenvalue weighted by molar-refractivity contribution is 9.09. The zero-order chi connectivity index (χ0) is 12.3. The molecule has 0 saturated carbocycles. The maximum absolute atomic E-state index is 4.37. The summed E-state index contributed by atoms with van der Waals surface area (Å²) in [4.78, 5) is 4.70. The minimum atomic E-state index is 0.331. The lowest BCUT2D eigenvalue weighted by atomic mass is 9.99. The molecule has 1 aromatic carbocycles. The van der Waals surface area contributed by atoms with Crippen molar-refractivity contribution in [2.24, 2.45) is 0 Å². The van der Waals surface area contributed by atoms with E-state index in [-0.39, 0.29) is 0 Å². The number of nitrogens with zero attached hydrogens (tertiary/aromatic N) is 1. The number of aryl methyl sites for hydroxylation is 1. The van der Waals surface area contributed by atoms with Crippen LogP contribution >= 0.6 is 15.9 Å². The number of pyridine rings is 1. The molecule has 1 atom stereocenters. The number of rotatable bonds is 3. The zero-order valence-electron chi connectivity index (χ0n) is 10.2. The second-order valence-corrected chi connectivity index (χ2v) is 5.39. The van der Waals surface area contributed by atoms with Gasteiger partial charge in [-0.15, -0.1) is 0 Å². The van der Waals surface area contributed by atoms with Gasteiger partial charge in [0.15, 0.2) is 0 Å². The third-order valence-electron chi connectivity index (χ3n) is 3.10. The fourth-order valence-electron chi connectivity index (χ4n) is 1.93. The molecule has 1 unspecified atom stereocenters. The molecule has 0 amide bonds. The van der Waals surface area contributed by atoms with Crippen LogP contribution in [0, 0.1) is 13.8 Å². The van der Waals surface area contributed by atoms with Gasteiger partial charge in [-0.2, -0.15) is 0 Å². The van der Waals surface area contributed by atoms with E-state index in [0.717, 1.165) is 12.1 Å². The van der Waals surface area contributed by atoms with Gasteiger partial charge in [0.1, 0.15) is 0 Å². The smallest absolute Gasteiger partial charge is 0.0453 e. The van der Waals surface area contributed by atoms with Gasteiger partial charge in [-0.3, -0.25) is 4.98 Å². The molecular formula is C15H16BrN. The van der Waals surface area contributed by atoms with Crippen LogP contribution in [0.25, 0.3) is 0 Å². The molecule has 1 nitrogen and oxygen atoms in total. The lowest BCUT2D eigenvalue weighted by molar-refractivity contribution is 0.895. The van der Waals surface area contributed by atoms with Crippen LogP contribution in [0.3, 0.4) is 0 Å². The Kier molecular flexibility index (Phi) is 3.95. The van der Waals surface area contributed by atoms with Gasteiger partial charge in [0.2, 0.25) is 0 Å². The Balaban J connectivity index is 2.20. The second-order valence-electron chi connectivity index (χ2n) is 4.28. The monoisotopic (exact) mass is 289 g/mol. The van der Waals surface area contributed by atoms with Crippen molar-refractivity contribution in [3.63, 3.8) is 0 Å². The Labute approximate surface area is 111 Å². The van der Waals surface area contributed by atoms with E-state index >= 15 is 0 Å². The lowest BCUT2D eigenvalue weighted by Gasteiger charge is -2.14. The number of halogens is 1. The number of hydrogen-bond acceptors (Lipinski definition) is 1. The fourth-order valence-corrected chi connectivity index (χ4v) is 2.75. The number of benzene rings is 1. The van der Waals surface area contributed by atoms with Crippen LogP contribution in [-0.2, 0) is 6.42 Å². The van der Waals surface area contributed by atoms with Crippen molar-refractivity contribution in [3.05, 3.63) is 65.0 Å². The molecule has 88 valence electrons. The van der Waals surface area contributed by atoms with E-state index in [2.05, 4.69) is 59.0 Å². The molecule has 0 aliphatic rings. The minimum absolute atomic E-state index is 0.331. The molecule has 0 N–H and O–H groups in total. The van der Waals surface area contributed by atoms with Gasteiger partial charge >= 0.3 is 0 Å². The fraction of sp³-hybridized carbons (Fsp3) is 0.267. The molecule has 2 rings (SSSR count). The summed E-state index contributed by atoms with van der Waals surface area (Å²) in [6, 6.07) is 12.5. The first-order valence-corrected chi connectivity index (χ1v) is 6.70. The average molecular weight is 290 g/mol. The summed E-state index contributed by atoms with van der Waals surface area (Å²) in [5.41, 5.74) is 5.18. The predicted molar refractivity (Wildman–Crippen MR) is 75.5 cm³/mol. The van der Waals surface area contributed by atoms with Crippen molar-refractivity contribution >= 4 is 15.9 Å². The summed E-state index contributed by atoms with van der Waals surface area (Å²) in [5.74, 6) is 0. The van der Waals surface area contributed by atoms with E-state index < -0.39 is 0 Å². The van der Waals surface area contributed by atoms with Gasteiger partial charge in [-0.1, -0.05) is 40.2 Å². The van der Waals surface area contributed by atoms with Crippen LogP contribution in [0.5, 0.6) is 0 Å². The Hall–Kier alpha value is -1.15. The van der Waals surface area contributed by atoms with E-state index in [1.165, 1.54) is 16.7 Å². The molecular weight excluding hydrogens is 274 g/mol. The highest BCUT2D eigenvalue weighted by atomic mass is 79.9. The summed E-state index contributed by atoms with van der Waals surface area (Å²) >= 11 is 3.77. The van der Waals surface area contributed by atoms with E-state index in [0.29, 0.717) is 4.83 Å². The maximum atomic E-state index is 4.37. The zero-order valence-corrected chi connectivity index (χ0v) is 11.7. The van der Waals surface area contributed by atoms with Gasteiger partial charge in [0.25, 0.3) is 0 Å². The Bertz CT molecular complexity index is 494. The van der Waals surface area contributed by atoms with Crippen molar-refractivity contribution < 1.29 is 0 Å². The Morgan fingerprint density at radius 2 is 1.94 bits per heavy atom. The Morgan fingerprint density at radius 3 is 2.65 bits per heavy atom. The SMILES string of the molecule is Cc1cccc(C(Br)Cc2ccccn2)c1C. The molecule has 2 aromatic rings. The molecule has 17 heavy (non-hydrogen) atoms. The van der Waals surface area contributed by atoms with Crippen molar-refractivity contribution in [3.8, 4) is 0 Å². The number of hydrogen-bond donors (Lipinski definition) is 0. The standard InChI is InChI=1S/C15H16BrN/c1-11-6-5-8-14(12(11)2)15(16)10-13-7-3-4-9-17-13/h3-9,15H,10H2,1-2H3. The first kappa shape index (κ1) is 12.3. The van der Waals surface area contributed by atoms with Gasteiger partial charge in [0, 0.05) is 23.1 Å². The molecule has 0 fully saturated rings. The molecule has 1 aromatic heterocycles. The highest BCUT2D eigenvalue weighted by Gasteiger charge is 2.12. The van der Waals surface area contributed by atoms with Crippen LogP contribution in [0.2, 0.25) is 0 Å². The first-order valence-electron chi connectivity index (χ1n) is 5.78. The van der Waals surface area contributed by atoms with Crippen LogP contribution in [0.15, 0.2) is 42.6 Å². The van der Waals surface area contributed by atoms with Gasteiger partial charge in [-0.05, 0) is 42.7 Å². The third kappa shape index (κ3) is 2.95. The molecule has 0 spiro atoms. The van der Waals surface area contributed by atoms with E-state index in [4.69, 9.17) is 0 Å². The predicted octanol–water partition coefficient (Wildman–Crippen LogP) is 4.38. The quantitative estimate of drug-likeness (QED) is 0.765. The molecule has 0 aliphatic heterocycles. The molecule has 0 aliphatic carbocycles. The van der Waals surface area contributed by atoms with Crippen LogP contribution in [-0.4, -0.2) is 4.98 Å². The van der Waals surface area contributed by atoms with Crippen molar-refractivity contribution in [1.82, 2.24) is 4.98 Å². The van der Waals surface area contributed by atoms with Gasteiger partial charge in [0.05, 0.1) is 0 Å². The topological polar surface area (TPSA) is 12.9 Å². The largest absolute Gasteiger partial charge is 0.261 e. The summed E-state index contributed by atoms with van der Waals surface area (Å²) in [5, 5.41) is 0. The van der Waals surface area contributed by atoms with Crippen LogP contribution in [0.1, 0.15) is 27.2 Å². The summed E-state index contributed by atoms with van der Waals surface area (Å²) in [6.45, 7) is 4.33. The Morgan fingerprint density at radius 1 is 1.12 bits per heavy atom. The molecule has 0 bridgehead atoms. The average Bonchev–Trinajstić information content (AvgIpc) is 2.34. The van der Waals surface area contributed by atoms with Gasteiger partial charge in [-0.25, -0.2) is 0 Å². The van der Waals surface area contributed by atoms with E-state index in [1.54, 1.807) is 0 Å². The second kappa shape index (κ2) is 5.46. The maximum Gasteiger partial charge on any atom is 0.0453 e. The molecule has 2 heteroatoms. The third-order valence-corrected chi connectivity index (χ3v) is 3.92. The van der Waals surface area contributed by atoms with Crippen molar-refractivity contribution in [2.75, 3.05) is 0 Å². The normalized spacial score (nSPS) is 12.4. The van der Waals surface area contributed by atoms with E-state index in [1.807, 2.05) is 18.3 Å². The summed E-state index contributed by atoms with van der Waals surface area (Å²) in [7, 11) is 0. The molecule has 0 saturated heterocycles. The van der Waals surface area contributed by atoms with Gasteiger partial charge < -0.3 is 0 Å². The first-order chi connectivity index (χ1) is 8.18. The molecule has 0 radical (unpaired) electrons. The number of aromatic nitrogens is 1. The summed E-state index contributed by atoms with van der Waals surface area (Å²) < 4.78 is 0. The minimum Gasteiger partial charge on any atom is -0.261 e. The van der Waals surface area contributed by atoms with Crippen LogP contribution < -0.4 is 0 Å². The lowest BCUT2D eigenvalue weighted by Crippen LogP contribution is -2.00. The van der Waals surface area contributed by atoms with Crippen molar-refractivity contribution in [1.29, 1.82) is 0 Å².